The molecule has 3 aliphatic heterocycles. The van der Waals surface area contributed by atoms with E-state index >= 15 is 0 Å². The number of amides is 1. The summed E-state index contributed by atoms with van der Waals surface area (Å²) in [6.07, 6.45) is 1.62. The van der Waals surface area contributed by atoms with Crippen LogP contribution in [0.5, 0.6) is 5.75 Å². The molecule has 1 N–H and O–H groups in total. The van der Waals surface area contributed by atoms with Crippen molar-refractivity contribution in [1.82, 2.24) is 14.7 Å². The quantitative estimate of drug-likeness (QED) is 0.688. The molecule has 0 aromatic heterocycles. The van der Waals surface area contributed by atoms with Gasteiger partial charge in [0.2, 0.25) is 5.91 Å². The number of nitrogens with zero attached hydrogens (tertiary/aromatic N) is 4. The van der Waals surface area contributed by atoms with Gasteiger partial charge in [-0.05, 0) is 29.2 Å². The number of anilines is 1. The van der Waals surface area contributed by atoms with Crippen molar-refractivity contribution < 1.29 is 14.6 Å². The first-order valence-corrected chi connectivity index (χ1v) is 12.9. The lowest BCUT2D eigenvalue weighted by Crippen LogP contribution is -2.42. The van der Waals surface area contributed by atoms with Crippen LogP contribution in [0.15, 0.2) is 42.5 Å². The molecule has 2 atom stereocenters. The first-order chi connectivity index (χ1) is 16.9. The van der Waals surface area contributed by atoms with Crippen LogP contribution in [0.1, 0.15) is 30.0 Å². The fraction of sp³-hybridized carbons (Fsp3) is 0.536. The summed E-state index contributed by atoms with van der Waals surface area (Å²) in [5.41, 5.74) is 5.28. The van der Waals surface area contributed by atoms with Crippen LogP contribution in [-0.2, 0) is 24.3 Å². The predicted octanol–water partition coefficient (Wildman–Crippen LogP) is 2.36. The second kappa shape index (κ2) is 10.6. The minimum absolute atomic E-state index is 0.0569. The highest BCUT2D eigenvalue weighted by molar-refractivity contribution is 5.73. The second-order valence-corrected chi connectivity index (χ2v) is 10.3. The maximum atomic E-state index is 11.6. The van der Waals surface area contributed by atoms with E-state index in [1.54, 1.807) is 6.92 Å². The molecule has 0 radical (unpaired) electrons. The molecule has 1 saturated heterocycles. The average molecular weight is 479 g/mol. The summed E-state index contributed by atoms with van der Waals surface area (Å²) in [6.45, 7) is 9.00. The Labute approximate surface area is 208 Å². The van der Waals surface area contributed by atoms with E-state index in [0.717, 1.165) is 57.9 Å². The van der Waals surface area contributed by atoms with Gasteiger partial charge >= 0.3 is 0 Å². The van der Waals surface area contributed by atoms with E-state index in [4.69, 9.17) is 4.74 Å². The number of likely N-dealkylation sites (N-methyl/N-ethyl adjacent to an activating group) is 1. The van der Waals surface area contributed by atoms with Gasteiger partial charge in [-0.25, -0.2) is 0 Å². The lowest BCUT2D eigenvalue weighted by molar-refractivity contribution is -0.128. The molecule has 188 valence electrons. The van der Waals surface area contributed by atoms with E-state index < -0.39 is 0 Å². The van der Waals surface area contributed by atoms with Gasteiger partial charge < -0.3 is 19.6 Å². The van der Waals surface area contributed by atoms with E-state index in [1.807, 2.05) is 11.0 Å². The highest BCUT2D eigenvalue weighted by Gasteiger charge is 2.27. The van der Waals surface area contributed by atoms with Crippen LogP contribution in [0.3, 0.4) is 0 Å². The number of ether oxygens (including phenoxy) is 1. The third-order valence-corrected chi connectivity index (χ3v) is 7.65. The highest BCUT2D eigenvalue weighted by atomic mass is 16.5. The number of hydrogen-bond acceptors (Lipinski definition) is 6. The smallest absolute Gasteiger partial charge is 0.219 e. The van der Waals surface area contributed by atoms with Gasteiger partial charge in [-0.3, -0.25) is 14.6 Å². The fourth-order valence-electron chi connectivity index (χ4n) is 5.66. The topological polar surface area (TPSA) is 59.5 Å². The zero-order valence-corrected chi connectivity index (χ0v) is 21.0. The zero-order chi connectivity index (χ0) is 24.4. The van der Waals surface area contributed by atoms with E-state index in [9.17, 15) is 9.90 Å². The normalized spacial score (nSPS) is 21.9. The van der Waals surface area contributed by atoms with Crippen molar-refractivity contribution >= 4 is 11.6 Å². The van der Waals surface area contributed by atoms with Crippen LogP contribution in [0.2, 0.25) is 0 Å². The summed E-state index contributed by atoms with van der Waals surface area (Å²) in [7, 11) is 2.13. The first kappa shape index (κ1) is 24.1. The Hall–Kier alpha value is -2.61. The van der Waals surface area contributed by atoms with Crippen molar-refractivity contribution in [1.29, 1.82) is 0 Å². The van der Waals surface area contributed by atoms with Crippen LogP contribution in [0.4, 0.5) is 5.69 Å². The van der Waals surface area contributed by atoms with Gasteiger partial charge in [-0.15, -0.1) is 0 Å². The predicted molar refractivity (Wildman–Crippen MR) is 138 cm³/mol. The Morgan fingerprint density at radius 1 is 1.00 bits per heavy atom. The Morgan fingerprint density at radius 2 is 1.74 bits per heavy atom. The van der Waals surface area contributed by atoms with Gasteiger partial charge in [0.05, 0.1) is 12.6 Å². The van der Waals surface area contributed by atoms with Gasteiger partial charge in [-0.1, -0.05) is 30.3 Å². The third kappa shape index (κ3) is 5.80. The van der Waals surface area contributed by atoms with Crippen molar-refractivity contribution in [3.05, 3.63) is 59.2 Å². The molecule has 5 rings (SSSR count). The van der Waals surface area contributed by atoms with Gasteiger partial charge in [-0.2, -0.15) is 0 Å². The standard InChI is InChI=1S/C28H38N4O3/c1-21(33)32-12-10-27(20-32)35-26-8-7-24-17-31(14-13-29(2)28(24)15-26)19-25(34)18-30-11-9-22-5-3-4-6-23(22)16-30/h3-8,15,25,27,34H,9-14,16-20H2,1-2H3/t25-,27+/m1/s1. The highest BCUT2D eigenvalue weighted by Crippen LogP contribution is 2.30. The molecule has 3 aliphatic rings. The molecule has 2 aromatic rings. The zero-order valence-electron chi connectivity index (χ0n) is 21.0. The summed E-state index contributed by atoms with van der Waals surface area (Å²) in [5.74, 6) is 0.981. The molecule has 3 heterocycles. The van der Waals surface area contributed by atoms with Gasteiger partial charge in [0, 0.05) is 84.5 Å². The third-order valence-electron chi connectivity index (χ3n) is 7.65. The van der Waals surface area contributed by atoms with Gasteiger partial charge in [0.15, 0.2) is 0 Å². The van der Waals surface area contributed by atoms with Crippen molar-refractivity contribution in [3.63, 3.8) is 0 Å². The van der Waals surface area contributed by atoms with E-state index in [-0.39, 0.29) is 18.1 Å². The van der Waals surface area contributed by atoms with Crippen molar-refractivity contribution in [3.8, 4) is 5.75 Å². The number of benzene rings is 2. The molecule has 0 spiro atoms. The summed E-state index contributed by atoms with van der Waals surface area (Å²) in [6, 6.07) is 15.0. The molecular weight excluding hydrogens is 440 g/mol. The van der Waals surface area contributed by atoms with Crippen molar-refractivity contribution in [2.45, 2.75) is 45.1 Å². The van der Waals surface area contributed by atoms with E-state index in [2.05, 4.69) is 58.1 Å². The monoisotopic (exact) mass is 478 g/mol. The molecule has 0 saturated carbocycles. The fourth-order valence-corrected chi connectivity index (χ4v) is 5.66. The van der Waals surface area contributed by atoms with Crippen molar-refractivity contribution in [2.24, 2.45) is 0 Å². The van der Waals surface area contributed by atoms with Crippen LogP contribution in [0, 0.1) is 0 Å². The number of rotatable bonds is 6. The maximum absolute atomic E-state index is 11.6. The largest absolute Gasteiger partial charge is 0.488 e. The van der Waals surface area contributed by atoms with Crippen LogP contribution in [0.25, 0.3) is 0 Å². The number of fused-ring (bicyclic) bond motifs is 2. The molecule has 0 bridgehead atoms. The minimum Gasteiger partial charge on any atom is -0.488 e. The SMILES string of the molecule is CC(=O)N1CC[C@H](Oc2ccc3c(c2)N(C)CCN(C[C@H](O)CN2CCc4ccccc4C2)C3)C1. The molecular formula is C28H38N4O3. The Kier molecular flexibility index (Phi) is 7.27. The molecule has 0 unspecified atom stereocenters. The first-order valence-electron chi connectivity index (χ1n) is 12.9. The average Bonchev–Trinajstić information content (AvgIpc) is 3.26. The minimum atomic E-state index is -0.374. The molecule has 35 heavy (non-hydrogen) atoms. The molecule has 2 aromatic carbocycles. The molecule has 7 nitrogen and oxygen atoms in total. The van der Waals surface area contributed by atoms with E-state index in [1.165, 1.54) is 22.4 Å². The number of carbonyl (C=O) groups excluding carboxylic acids is 1. The summed E-state index contributed by atoms with van der Waals surface area (Å²) in [4.78, 5) is 20.5. The number of hydrogen-bond donors (Lipinski definition) is 1. The lowest BCUT2D eigenvalue weighted by Gasteiger charge is -2.32. The Morgan fingerprint density at radius 3 is 2.51 bits per heavy atom. The van der Waals surface area contributed by atoms with E-state index in [0.29, 0.717) is 19.6 Å². The maximum Gasteiger partial charge on any atom is 0.219 e. The summed E-state index contributed by atoms with van der Waals surface area (Å²) < 4.78 is 6.23. The molecule has 1 amide bonds. The summed E-state index contributed by atoms with van der Waals surface area (Å²) in [5, 5.41) is 10.9. The number of likely N-dealkylation sites (tertiary alicyclic amines) is 1. The molecule has 7 heteroatoms. The Balaban J connectivity index is 1.17. The number of aliphatic hydroxyl groups is 1. The number of carbonyl (C=O) groups is 1. The van der Waals surface area contributed by atoms with Crippen LogP contribution < -0.4 is 9.64 Å². The number of β-amino-alcohol motifs (C(OH)–C–C–N with tert-alkyl or cyclic N) is 1. The van der Waals surface area contributed by atoms with Crippen LogP contribution in [-0.4, -0.2) is 90.8 Å². The van der Waals surface area contributed by atoms with Crippen LogP contribution >= 0.6 is 0 Å². The van der Waals surface area contributed by atoms with Gasteiger partial charge in [0.1, 0.15) is 11.9 Å². The molecule has 0 aliphatic carbocycles. The van der Waals surface area contributed by atoms with Crippen molar-refractivity contribution in [2.75, 3.05) is 57.8 Å². The second-order valence-electron chi connectivity index (χ2n) is 10.3. The lowest BCUT2D eigenvalue weighted by atomic mass is 10.00. The molecule has 1 fully saturated rings. The number of aliphatic hydroxyl groups excluding tert-OH is 1. The summed E-state index contributed by atoms with van der Waals surface area (Å²) >= 11 is 0. The Bertz CT molecular complexity index is 1040. The van der Waals surface area contributed by atoms with Gasteiger partial charge in [0.25, 0.3) is 0 Å².